The molecule has 0 saturated carbocycles. The summed E-state index contributed by atoms with van der Waals surface area (Å²) in [5.74, 6) is -0.195. The Bertz CT molecular complexity index is 1240. The number of anilines is 1. The summed E-state index contributed by atoms with van der Waals surface area (Å²) in [6.45, 7) is 1.94. The van der Waals surface area contributed by atoms with Crippen LogP contribution in [0.4, 0.5) is 5.69 Å². The van der Waals surface area contributed by atoms with Crippen LogP contribution >= 0.6 is 0 Å². The number of fused-ring (bicyclic) bond motifs is 1. The minimum Gasteiger partial charge on any atom is -0.353 e. The van der Waals surface area contributed by atoms with Gasteiger partial charge in [-0.1, -0.05) is 30.3 Å². The van der Waals surface area contributed by atoms with Crippen molar-refractivity contribution in [1.82, 2.24) is 19.8 Å². The van der Waals surface area contributed by atoms with Gasteiger partial charge in [-0.3, -0.25) is 28.8 Å². The maximum atomic E-state index is 12.5. The third-order valence-corrected chi connectivity index (χ3v) is 5.85. The van der Waals surface area contributed by atoms with Gasteiger partial charge < -0.3 is 10.6 Å². The summed E-state index contributed by atoms with van der Waals surface area (Å²) >= 11 is 0. The maximum Gasteiger partial charge on any atom is 0.328 e. The highest BCUT2D eigenvalue weighted by Crippen LogP contribution is 2.12. The van der Waals surface area contributed by atoms with Gasteiger partial charge in [-0.2, -0.15) is 0 Å². The second-order valence-electron chi connectivity index (χ2n) is 8.21. The third kappa shape index (κ3) is 5.75. The third-order valence-electron chi connectivity index (χ3n) is 5.85. The number of para-hydroxylation sites is 2. The average molecular weight is 450 g/mol. The molecule has 1 aliphatic rings. The number of H-pyrrole nitrogens is 1. The summed E-state index contributed by atoms with van der Waals surface area (Å²) in [5, 5.41) is 6.33. The van der Waals surface area contributed by atoms with Gasteiger partial charge in [0.15, 0.2) is 0 Å². The molecular weight excluding hydrogens is 422 g/mol. The van der Waals surface area contributed by atoms with Crippen LogP contribution in [0.15, 0.2) is 64.2 Å². The molecule has 2 heterocycles. The zero-order chi connectivity index (χ0) is 23.2. The van der Waals surface area contributed by atoms with Gasteiger partial charge in [-0.15, -0.1) is 0 Å². The van der Waals surface area contributed by atoms with E-state index >= 15 is 0 Å². The van der Waals surface area contributed by atoms with E-state index in [1.54, 1.807) is 24.3 Å². The van der Waals surface area contributed by atoms with Crippen LogP contribution in [0.5, 0.6) is 0 Å². The first kappa shape index (κ1) is 22.5. The average Bonchev–Trinajstić information content (AvgIpc) is 2.81. The number of hydrogen-bond acceptors (Lipinski definition) is 5. The Kier molecular flexibility index (Phi) is 6.99. The molecule has 1 fully saturated rings. The van der Waals surface area contributed by atoms with E-state index < -0.39 is 11.2 Å². The fraction of sp³-hybridized carbons (Fsp3) is 0.333. The summed E-state index contributed by atoms with van der Waals surface area (Å²) in [7, 11) is 0. The number of aromatic nitrogens is 2. The predicted molar refractivity (Wildman–Crippen MR) is 126 cm³/mol. The smallest absolute Gasteiger partial charge is 0.328 e. The highest BCUT2D eigenvalue weighted by molar-refractivity contribution is 5.92. The van der Waals surface area contributed by atoms with E-state index in [2.05, 4.69) is 20.5 Å². The van der Waals surface area contributed by atoms with Gasteiger partial charge in [0.25, 0.3) is 5.56 Å². The molecule has 1 aromatic heterocycles. The Morgan fingerprint density at radius 1 is 0.939 bits per heavy atom. The summed E-state index contributed by atoms with van der Waals surface area (Å²) in [4.78, 5) is 53.3. The van der Waals surface area contributed by atoms with E-state index in [-0.39, 0.29) is 30.8 Å². The number of nitrogens with one attached hydrogen (secondary N) is 3. The van der Waals surface area contributed by atoms with E-state index in [1.807, 2.05) is 30.3 Å². The molecule has 2 aromatic carbocycles. The molecule has 172 valence electrons. The molecule has 1 aliphatic heterocycles. The fourth-order valence-electron chi connectivity index (χ4n) is 4.14. The molecule has 1 saturated heterocycles. The quantitative estimate of drug-likeness (QED) is 0.503. The Balaban J connectivity index is 1.24. The number of hydrogen-bond donors (Lipinski definition) is 3. The number of benzene rings is 2. The van der Waals surface area contributed by atoms with Crippen molar-refractivity contribution >= 4 is 28.4 Å². The Hall–Kier alpha value is -3.72. The molecule has 33 heavy (non-hydrogen) atoms. The molecular formula is C24H27N5O4. The van der Waals surface area contributed by atoms with Crippen molar-refractivity contribution < 1.29 is 9.59 Å². The normalized spacial score (nSPS) is 14.8. The molecule has 3 aromatic rings. The lowest BCUT2D eigenvalue weighted by molar-refractivity contribution is -0.123. The number of aryl methyl sites for hydroxylation is 1. The first-order valence-electron chi connectivity index (χ1n) is 11.1. The van der Waals surface area contributed by atoms with Gasteiger partial charge >= 0.3 is 5.69 Å². The van der Waals surface area contributed by atoms with Crippen molar-refractivity contribution in [3.8, 4) is 0 Å². The van der Waals surface area contributed by atoms with Crippen LogP contribution in [0.3, 0.4) is 0 Å². The molecule has 9 heteroatoms. The van der Waals surface area contributed by atoms with Crippen molar-refractivity contribution in [2.45, 2.75) is 31.8 Å². The van der Waals surface area contributed by atoms with Crippen LogP contribution < -0.4 is 21.9 Å². The van der Waals surface area contributed by atoms with Gasteiger partial charge in [0.1, 0.15) is 0 Å². The monoisotopic (exact) mass is 449 g/mol. The lowest BCUT2D eigenvalue weighted by Crippen LogP contribution is -2.46. The largest absolute Gasteiger partial charge is 0.353 e. The van der Waals surface area contributed by atoms with E-state index in [4.69, 9.17) is 0 Å². The van der Waals surface area contributed by atoms with Crippen LogP contribution in [0.1, 0.15) is 19.3 Å². The van der Waals surface area contributed by atoms with Crippen molar-refractivity contribution in [3.63, 3.8) is 0 Å². The number of aromatic amines is 1. The van der Waals surface area contributed by atoms with Crippen molar-refractivity contribution in [1.29, 1.82) is 0 Å². The first-order valence-corrected chi connectivity index (χ1v) is 11.1. The Morgan fingerprint density at radius 2 is 1.64 bits per heavy atom. The Labute approximate surface area is 190 Å². The van der Waals surface area contributed by atoms with Crippen LogP contribution in [0.2, 0.25) is 0 Å². The number of rotatable bonds is 7. The van der Waals surface area contributed by atoms with Crippen LogP contribution in [-0.4, -0.2) is 51.9 Å². The number of likely N-dealkylation sites (tertiary alicyclic amines) is 1. The number of carbonyl (C=O) groups is 2. The Morgan fingerprint density at radius 3 is 2.39 bits per heavy atom. The molecule has 0 unspecified atom stereocenters. The van der Waals surface area contributed by atoms with Gasteiger partial charge in [-0.05, 0) is 37.1 Å². The summed E-state index contributed by atoms with van der Waals surface area (Å²) < 4.78 is 1.42. The minimum atomic E-state index is -0.520. The molecule has 0 atom stereocenters. The zero-order valence-electron chi connectivity index (χ0n) is 18.3. The molecule has 0 radical (unpaired) electrons. The molecule has 2 amide bonds. The fourth-order valence-corrected chi connectivity index (χ4v) is 4.14. The summed E-state index contributed by atoms with van der Waals surface area (Å²) in [6, 6.07) is 16.2. The number of amides is 2. The van der Waals surface area contributed by atoms with E-state index in [9.17, 15) is 19.2 Å². The van der Waals surface area contributed by atoms with Gasteiger partial charge in [0.05, 0.1) is 17.4 Å². The van der Waals surface area contributed by atoms with Crippen molar-refractivity contribution in [2.75, 3.05) is 25.0 Å². The SMILES string of the molecule is O=C(CN1CCC(NC(=O)CCn2c(=O)[nH]c(=O)c3ccccc32)CC1)Nc1ccccc1. The molecule has 9 nitrogen and oxygen atoms in total. The number of piperidine rings is 1. The second kappa shape index (κ2) is 10.3. The van der Waals surface area contributed by atoms with Crippen LogP contribution in [0, 0.1) is 0 Å². The topological polar surface area (TPSA) is 116 Å². The first-order chi connectivity index (χ1) is 16.0. The van der Waals surface area contributed by atoms with E-state index in [0.717, 1.165) is 31.6 Å². The zero-order valence-corrected chi connectivity index (χ0v) is 18.3. The minimum absolute atomic E-state index is 0.0370. The second-order valence-corrected chi connectivity index (χ2v) is 8.21. The molecule has 4 rings (SSSR count). The van der Waals surface area contributed by atoms with Crippen LogP contribution in [-0.2, 0) is 16.1 Å². The lowest BCUT2D eigenvalue weighted by atomic mass is 10.0. The molecule has 0 bridgehead atoms. The number of carbonyl (C=O) groups excluding carboxylic acids is 2. The maximum absolute atomic E-state index is 12.5. The molecule has 0 spiro atoms. The number of nitrogens with zero attached hydrogens (tertiary/aromatic N) is 2. The van der Waals surface area contributed by atoms with Gasteiger partial charge in [0, 0.05) is 37.8 Å². The lowest BCUT2D eigenvalue weighted by Gasteiger charge is -2.31. The molecule has 3 N–H and O–H groups in total. The molecule has 0 aliphatic carbocycles. The van der Waals surface area contributed by atoms with E-state index in [0.29, 0.717) is 17.4 Å². The van der Waals surface area contributed by atoms with Gasteiger partial charge in [0.2, 0.25) is 11.8 Å². The van der Waals surface area contributed by atoms with Crippen molar-refractivity contribution in [2.24, 2.45) is 0 Å². The highest BCUT2D eigenvalue weighted by atomic mass is 16.2. The summed E-state index contributed by atoms with van der Waals surface area (Å²) in [5.41, 5.74) is 0.342. The summed E-state index contributed by atoms with van der Waals surface area (Å²) in [6.07, 6.45) is 1.65. The highest BCUT2D eigenvalue weighted by Gasteiger charge is 2.22. The van der Waals surface area contributed by atoms with Crippen molar-refractivity contribution in [3.05, 3.63) is 75.4 Å². The van der Waals surface area contributed by atoms with Gasteiger partial charge in [-0.25, -0.2) is 4.79 Å². The van der Waals surface area contributed by atoms with Crippen LogP contribution in [0.25, 0.3) is 10.9 Å². The predicted octanol–water partition coefficient (Wildman–Crippen LogP) is 1.30. The standard InChI is InChI=1S/C24H27N5O4/c30-21(12-15-29-20-9-5-4-8-19(20)23(32)27-24(29)33)25-18-10-13-28(14-11-18)16-22(31)26-17-6-2-1-3-7-17/h1-9,18H,10-16H2,(H,25,30)(H,26,31)(H,27,32,33). The van der Waals surface area contributed by atoms with E-state index in [1.165, 1.54) is 4.57 Å².